The van der Waals surface area contributed by atoms with E-state index in [1.807, 2.05) is 0 Å². The van der Waals surface area contributed by atoms with E-state index in [4.69, 9.17) is 24.3 Å². The summed E-state index contributed by atoms with van der Waals surface area (Å²) < 4.78 is 32.6. The summed E-state index contributed by atoms with van der Waals surface area (Å²) in [7, 11) is -4.36. The Bertz CT molecular complexity index is 876. The second kappa shape index (κ2) is 42.6. The lowest BCUT2D eigenvalue weighted by atomic mass is 10.0. The van der Waals surface area contributed by atoms with Crippen molar-refractivity contribution in [1.82, 2.24) is 0 Å². The van der Waals surface area contributed by atoms with Gasteiger partial charge in [-0.15, -0.1) is 0 Å². The molecule has 3 N–H and O–H groups in total. The van der Waals surface area contributed by atoms with Gasteiger partial charge in [-0.1, -0.05) is 219 Å². The molecule has 0 heterocycles. The Hall–Kier alpha value is -0.990. The van der Waals surface area contributed by atoms with Gasteiger partial charge in [0.05, 0.1) is 13.2 Å². The Morgan fingerprint density at radius 2 is 0.782 bits per heavy atom. The summed E-state index contributed by atoms with van der Waals surface area (Å²) in [5.74, 6) is -0.824. The first kappa shape index (κ1) is 54.0. The fourth-order valence-corrected chi connectivity index (χ4v) is 7.76. The van der Waals surface area contributed by atoms with Gasteiger partial charge in [-0.3, -0.25) is 18.6 Å². The average molecular weight is 804 g/mol. The summed E-state index contributed by atoms with van der Waals surface area (Å²) in [6.45, 7) is 3.70. The molecule has 0 aromatic heterocycles. The highest BCUT2D eigenvalue weighted by molar-refractivity contribution is 7.47. The molecule has 0 aromatic carbocycles. The molecule has 55 heavy (non-hydrogen) atoms. The highest BCUT2D eigenvalue weighted by Gasteiger charge is 2.26. The van der Waals surface area contributed by atoms with E-state index in [-0.39, 0.29) is 38.6 Å². The van der Waals surface area contributed by atoms with E-state index in [1.165, 1.54) is 173 Å². The first-order chi connectivity index (χ1) is 26.8. The molecule has 328 valence electrons. The zero-order valence-electron chi connectivity index (χ0n) is 36.2. The maximum absolute atomic E-state index is 12.5. The third kappa shape index (κ3) is 42.4. The molecule has 0 rings (SSSR count). The SMILES string of the molecule is CCCCCCCCCCCCCCCCCCCCCCCCCCCCCCC(=O)OC(COC(=O)CCCCCCCC)COP(=O)(O)OCCN. The second-order valence-electron chi connectivity index (χ2n) is 16.0. The molecule has 2 unspecified atom stereocenters. The normalized spacial score (nSPS) is 13.2. The van der Waals surface area contributed by atoms with E-state index < -0.39 is 26.5 Å². The number of phosphoric ester groups is 1. The van der Waals surface area contributed by atoms with E-state index in [0.717, 1.165) is 38.5 Å². The molecule has 0 saturated heterocycles. The van der Waals surface area contributed by atoms with E-state index in [0.29, 0.717) is 6.42 Å². The van der Waals surface area contributed by atoms with Gasteiger partial charge in [0, 0.05) is 19.4 Å². The Labute approximate surface area is 339 Å². The maximum atomic E-state index is 12.5. The van der Waals surface area contributed by atoms with Crippen molar-refractivity contribution < 1.29 is 37.6 Å². The molecular formula is C45H90NO8P. The predicted octanol–water partition coefficient (Wildman–Crippen LogP) is 13.6. The lowest BCUT2D eigenvalue weighted by Crippen LogP contribution is -2.29. The van der Waals surface area contributed by atoms with Gasteiger partial charge in [-0.2, -0.15) is 0 Å². The van der Waals surface area contributed by atoms with Crippen molar-refractivity contribution in [3.63, 3.8) is 0 Å². The smallest absolute Gasteiger partial charge is 0.462 e. The van der Waals surface area contributed by atoms with Crippen LogP contribution in [0.4, 0.5) is 0 Å². The van der Waals surface area contributed by atoms with Crippen molar-refractivity contribution in [2.24, 2.45) is 5.73 Å². The molecule has 0 fully saturated rings. The second-order valence-corrected chi connectivity index (χ2v) is 17.4. The summed E-state index contributed by atoms with van der Waals surface area (Å²) in [6, 6.07) is 0. The van der Waals surface area contributed by atoms with Gasteiger partial charge in [0.1, 0.15) is 6.61 Å². The van der Waals surface area contributed by atoms with Crippen LogP contribution in [0.5, 0.6) is 0 Å². The highest BCUT2D eigenvalue weighted by Crippen LogP contribution is 2.43. The van der Waals surface area contributed by atoms with Crippen LogP contribution in [0.1, 0.15) is 245 Å². The first-order valence-electron chi connectivity index (χ1n) is 23.5. The van der Waals surface area contributed by atoms with Crippen molar-refractivity contribution in [2.75, 3.05) is 26.4 Å². The number of phosphoric acid groups is 1. The lowest BCUT2D eigenvalue weighted by Gasteiger charge is -2.19. The van der Waals surface area contributed by atoms with Gasteiger partial charge in [0.2, 0.25) is 0 Å². The number of carbonyl (C=O) groups excluding carboxylic acids is 2. The topological polar surface area (TPSA) is 134 Å². The number of carbonyl (C=O) groups is 2. The summed E-state index contributed by atoms with van der Waals surface area (Å²) in [4.78, 5) is 34.6. The van der Waals surface area contributed by atoms with Crippen LogP contribution in [-0.4, -0.2) is 49.3 Å². The van der Waals surface area contributed by atoms with Crippen LogP contribution in [-0.2, 0) is 32.7 Å². The van der Waals surface area contributed by atoms with Crippen LogP contribution in [0.3, 0.4) is 0 Å². The average Bonchev–Trinajstić information content (AvgIpc) is 3.17. The van der Waals surface area contributed by atoms with Crippen molar-refractivity contribution in [2.45, 2.75) is 251 Å². The molecule has 0 spiro atoms. The standard InChI is InChI=1S/C45H90NO8P/c1-3-5-7-9-11-12-13-14-15-16-17-18-19-20-21-22-23-24-25-26-27-28-29-30-31-32-34-36-38-45(48)54-43(42-53-55(49,50)52-40-39-46)41-51-44(47)37-35-33-10-8-6-4-2/h43H,3-42,46H2,1-2H3,(H,49,50). The molecule has 0 aromatic rings. The Morgan fingerprint density at radius 3 is 1.11 bits per heavy atom. The van der Waals surface area contributed by atoms with Crippen LogP contribution in [0.25, 0.3) is 0 Å². The third-order valence-electron chi connectivity index (χ3n) is 10.5. The molecule has 0 bridgehead atoms. The number of hydrogen-bond donors (Lipinski definition) is 2. The minimum absolute atomic E-state index is 0.0576. The molecule has 0 aliphatic carbocycles. The molecule has 9 nitrogen and oxygen atoms in total. The van der Waals surface area contributed by atoms with Gasteiger partial charge in [-0.05, 0) is 12.8 Å². The number of unbranched alkanes of at least 4 members (excludes halogenated alkanes) is 32. The number of hydrogen-bond acceptors (Lipinski definition) is 8. The quantitative estimate of drug-likeness (QED) is 0.0350. The summed E-state index contributed by atoms with van der Waals surface area (Å²) in [5.41, 5.74) is 5.33. The molecule has 0 aliphatic heterocycles. The van der Waals surface area contributed by atoms with Gasteiger partial charge >= 0.3 is 19.8 Å². The van der Waals surface area contributed by atoms with Crippen LogP contribution < -0.4 is 5.73 Å². The van der Waals surface area contributed by atoms with Crippen molar-refractivity contribution >= 4 is 19.8 Å². The van der Waals surface area contributed by atoms with E-state index in [9.17, 15) is 19.0 Å². The Balaban J connectivity index is 3.77. The third-order valence-corrected chi connectivity index (χ3v) is 11.5. The number of esters is 2. The van der Waals surface area contributed by atoms with Crippen LogP contribution in [0.2, 0.25) is 0 Å². The molecule has 0 aliphatic rings. The number of nitrogens with two attached hydrogens (primary N) is 1. The minimum atomic E-state index is -4.36. The molecular weight excluding hydrogens is 713 g/mol. The van der Waals surface area contributed by atoms with E-state index in [1.54, 1.807) is 0 Å². The van der Waals surface area contributed by atoms with Gasteiger partial charge in [0.15, 0.2) is 6.10 Å². The summed E-state index contributed by atoms with van der Waals surface area (Å²) >= 11 is 0. The highest BCUT2D eigenvalue weighted by atomic mass is 31.2. The van der Waals surface area contributed by atoms with E-state index >= 15 is 0 Å². The Morgan fingerprint density at radius 1 is 0.473 bits per heavy atom. The van der Waals surface area contributed by atoms with E-state index in [2.05, 4.69) is 13.8 Å². The largest absolute Gasteiger partial charge is 0.472 e. The molecule has 0 radical (unpaired) electrons. The van der Waals surface area contributed by atoms with Crippen LogP contribution in [0.15, 0.2) is 0 Å². The monoisotopic (exact) mass is 804 g/mol. The summed E-state index contributed by atoms with van der Waals surface area (Å²) in [5, 5.41) is 0. The zero-order valence-corrected chi connectivity index (χ0v) is 37.1. The van der Waals surface area contributed by atoms with Crippen molar-refractivity contribution in [3.8, 4) is 0 Å². The maximum Gasteiger partial charge on any atom is 0.472 e. The fourth-order valence-electron chi connectivity index (χ4n) is 6.99. The number of ether oxygens (including phenoxy) is 2. The van der Waals surface area contributed by atoms with Crippen LogP contribution >= 0.6 is 7.82 Å². The predicted molar refractivity (Wildman–Crippen MR) is 229 cm³/mol. The molecule has 0 amide bonds. The van der Waals surface area contributed by atoms with Crippen molar-refractivity contribution in [3.05, 3.63) is 0 Å². The zero-order chi connectivity index (χ0) is 40.3. The van der Waals surface area contributed by atoms with Crippen molar-refractivity contribution in [1.29, 1.82) is 0 Å². The first-order valence-corrected chi connectivity index (χ1v) is 25.0. The van der Waals surface area contributed by atoms with Gasteiger partial charge < -0.3 is 20.1 Å². The fraction of sp³-hybridized carbons (Fsp3) is 0.956. The van der Waals surface area contributed by atoms with Crippen LogP contribution in [0, 0.1) is 0 Å². The van der Waals surface area contributed by atoms with Gasteiger partial charge in [-0.25, -0.2) is 4.57 Å². The molecule has 10 heteroatoms. The molecule has 2 atom stereocenters. The van der Waals surface area contributed by atoms with Gasteiger partial charge in [0.25, 0.3) is 0 Å². The lowest BCUT2D eigenvalue weighted by molar-refractivity contribution is -0.161. The molecule has 0 saturated carbocycles. The minimum Gasteiger partial charge on any atom is -0.462 e. The Kier molecular flexibility index (Phi) is 41.8. The summed E-state index contributed by atoms with van der Waals surface area (Å²) in [6.07, 6.45) is 43.4. The number of rotatable bonds is 45.